The molecule has 12 nitrogen and oxygen atoms in total. The number of piperazine rings is 1. The Kier molecular flexibility index (Phi) is 7.45. The van der Waals surface area contributed by atoms with Gasteiger partial charge in [-0.25, -0.2) is 14.4 Å². The van der Waals surface area contributed by atoms with Crippen LogP contribution in [0.5, 0.6) is 5.75 Å². The normalized spacial score (nSPS) is 16.4. The third-order valence-corrected chi connectivity index (χ3v) is 8.22. The highest BCUT2D eigenvalue weighted by atomic mass is 35.5. The molecule has 0 bridgehead atoms. The summed E-state index contributed by atoms with van der Waals surface area (Å²) in [6.45, 7) is 3.66. The third kappa shape index (κ3) is 4.91. The van der Waals surface area contributed by atoms with E-state index in [1.807, 2.05) is 11.8 Å². The number of pyridine rings is 1. The maximum absolute atomic E-state index is 15.2. The van der Waals surface area contributed by atoms with E-state index in [2.05, 4.69) is 20.6 Å². The molecule has 6 rings (SSSR count). The number of carbonyl (C=O) groups is 2. The van der Waals surface area contributed by atoms with Crippen molar-refractivity contribution in [2.45, 2.75) is 38.9 Å². The van der Waals surface area contributed by atoms with E-state index in [4.69, 9.17) is 17.3 Å². The molecule has 2 amide bonds. The molecule has 4 aromatic rings. The van der Waals surface area contributed by atoms with Gasteiger partial charge < -0.3 is 30.9 Å². The lowest BCUT2D eigenvalue weighted by Gasteiger charge is -2.35. The van der Waals surface area contributed by atoms with Crippen molar-refractivity contribution in [3.05, 3.63) is 62.7 Å². The van der Waals surface area contributed by atoms with Crippen LogP contribution in [-0.2, 0) is 24.3 Å². The highest BCUT2D eigenvalue weighted by molar-refractivity contribution is 6.33. The van der Waals surface area contributed by atoms with Crippen molar-refractivity contribution in [3.8, 4) is 16.9 Å². The minimum atomic E-state index is -1.73. The van der Waals surface area contributed by atoms with Crippen LogP contribution in [0.25, 0.3) is 22.2 Å². The summed E-state index contributed by atoms with van der Waals surface area (Å²) >= 11 is 6.16. The first-order valence-electron chi connectivity index (χ1n) is 13.7. The van der Waals surface area contributed by atoms with Crippen LogP contribution in [0.1, 0.15) is 29.5 Å². The Morgan fingerprint density at radius 2 is 1.95 bits per heavy atom. The fraction of sp³-hybridized carbons (Fsp3) is 0.321. The lowest BCUT2D eigenvalue weighted by Crippen LogP contribution is -2.50. The van der Waals surface area contributed by atoms with E-state index in [-0.39, 0.29) is 34.1 Å². The first-order valence-corrected chi connectivity index (χ1v) is 14.1. The molecule has 16 heteroatoms. The molecule has 1 fully saturated rings. The van der Waals surface area contributed by atoms with E-state index in [0.29, 0.717) is 44.8 Å². The van der Waals surface area contributed by atoms with Crippen molar-refractivity contribution in [2.24, 2.45) is 5.73 Å². The number of nitrogens with one attached hydrogen (secondary N) is 2. The molecule has 0 spiro atoms. The average molecular weight is 631 g/mol. The fourth-order valence-corrected chi connectivity index (χ4v) is 5.85. The molecule has 0 saturated carbocycles. The van der Waals surface area contributed by atoms with Gasteiger partial charge in [-0.15, -0.1) is 0 Å². The molecular weight excluding hydrogens is 605 g/mol. The molecule has 44 heavy (non-hydrogen) atoms. The number of primary amides is 1. The van der Waals surface area contributed by atoms with Crippen LogP contribution < -0.4 is 26.8 Å². The number of hydrogen-bond donors (Lipinski definition) is 4. The largest absolute Gasteiger partial charge is 0.504 e. The Hall–Kier alpha value is -4.63. The van der Waals surface area contributed by atoms with E-state index in [1.165, 1.54) is 21.4 Å². The number of hydrogen-bond acceptors (Lipinski definition) is 8. The number of nitrogens with zero attached hydrogens (tertiary/aromatic N) is 5. The maximum Gasteiger partial charge on any atom is 0.263 e. The number of aromatic hydroxyl groups is 1. The first-order chi connectivity index (χ1) is 21.0. The van der Waals surface area contributed by atoms with Crippen LogP contribution in [0.15, 0.2) is 23.1 Å². The zero-order valence-electron chi connectivity index (χ0n) is 23.3. The average Bonchev–Trinajstić information content (AvgIpc) is 3.60. The predicted octanol–water partition coefficient (Wildman–Crippen LogP) is 2.52. The number of rotatable bonds is 6. The molecule has 5 heterocycles. The van der Waals surface area contributed by atoms with Crippen molar-refractivity contribution >= 4 is 46.0 Å². The molecule has 0 unspecified atom stereocenters. The number of carbonyl (C=O) groups excluding carboxylic acids is 2. The van der Waals surface area contributed by atoms with Crippen LogP contribution in [0.2, 0.25) is 5.02 Å². The summed E-state index contributed by atoms with van der Waals surface area (Å²) in [7, 11) is 0. The molecule has 1 saturated heterocycles. The van der Waals surface area contributed by atoms with E-state index in [1.54, 1.807) is 0 Å². The number of aromatic nitrogens is 4. The summed E-state index contributed by atoms with van der Waals surface area (Å²) in [5.41, 5.74) is 3.26. The minimum Gasteiger partial charge on any atom is -0.504 e. The van der Waals surface area contributed by atoms with Crippen LogP contribution in [0.3, 0.4) is 0 Å². The Morgan fingerprint density at radius 3 is 2.68 bits per heavy atom. The molecule has 0 aliphatic carbocycles. The summed E-state index contributed by atoms with van der Waals surface area (Å²) in [5, 5.41) is 15.2. The number of nitrogens with two attached hydrogens (primary N) is 1. The number of anilines is 2. The second-order valence-electron chi connectivity index (χ2n) is 10.7. The summed E-state index contributed by atoms with van der Waals surface area (Å²) in [6.07, 6.45) is 2.32. The second-order valence-corrected chi connectivity index (χ2v) is 11.1. The van der Waals surface area contributed by atoms with Gasteiger partial charge in [0.2, 0.25) is 17.7 Å². The number of amides is 2. The fourth-order valence-electron chi connectivity index (χ4n) is 5.70. The van der Waals surface area contributed by atoms with E-state index < -0.39 is 63.4 Å². The summed E-state index contributed by atoms with van der Waals surface area (Å²) in [4.78, 5) is 49.1. The van der Waals surface area contributed by atoms with Gasteiger partial charge in [-0.1, -0.05) is 11.6 Å². The number of halogens is 4. The third-order valence-electron chi connectivity index (χ3n) is 7.86. The van der Waals surface area contributed by atoms with Crippen LogP contribution in [0.4, 0.5) is 24.7 Å². The van der Waals surface area contributed by atoms with Crippen molar-refractivity contribution in [1.82, 2.24) is 24.4 Å². The molecule has 1 atom stereocenters. The summed E-state index contributed by atoms with van der Waals surface area (Å²) in [5.74, 6) is -6.70. The van der Waals surface area contributed by atoms with Gasteiger partial charge >= 0.3 is 0 Å². The molecule has 1 aromatic carbocycles. The van der Waals surface area contributed by atoms with Gasteiger partial charge in [-0.3, -0.25) is 19.0 Å². The SMILES string of the molecule is C[C@H]1CNCCN1c1cc(NC(=O)Cn2cc(-c3cc(C(N)=O)c(O)c(F)c3F)c3c(=O)n4c(nc32)CCC4)c(Cl)c(F)n1. The van der Waals surface area contributed by atoms with Crippen LogP contribution >= 0.6 is 11.6 Å². The van der Waals surface area contributed by atoms with E-state index in [0.717, 1.165) is 6.07 Å². The molecule has 0 radical (unpaired) electrons. The highest BCUT2D eigenvalue weighted by Gasteiger charge is 2.28. The quantitative estimate of drug-likeness (QED) is 0.237. The lowest BCUT2D eigenvalue weighted by molar-refractivity contribution is -0.116. The Bertz CT molecular complexity index is 1930. The standard InChI is InChI=1S/C28H26ClF3N8O4/c1-12-9-34-4-6-39(12)18-8-16(21(29)25(32)36-18)35-19(41)11-38-10-15(13-7-14(26(33)43)24(42)23(31)22(13)30)20-27(38)37-17-3-2-5-40(17)28(20)44/h7-8,10,12,34,42H,2-6,9,11H2,1H3,(H2,33,43)(H,35,36,41)/t12-/m0/s1. The van der Waals surface area contributed by atoms with Crippen LogP contribution in [-0.4, -0.2) is 61.7 Å². The smallest absolute Gasteiger partial charge is 0.263 e. The predicted molar refractivity (Wildman–Crippen MR) is 155 cm³/mol. The van der Waals surface area contributed by atoms with Gasteiger partial charge in [0.15, 0.2) is 11.6 Å². The van der Waals surface area contributed by atoms with E-state index in [9.17, 15) is 28.3 Å². The highest BCUT2D eigenvalue weighted by Crippen LogP contribution is 2.36. The first kappa shape index (κ1) is 29.4. The van der Waals surface area contributed by atoms with Crippen molar-refractivity contribution in [1.29, 1.82) is 0 Å². The zero-order valence-corrected chi connectivity index (χ0v) is 24.0. The van der Waals surface area contributed by atoms with Gasteiger partial charge in [0.1, 0.15) is 28.9 Å². The van der Waals surface area contributed by atoms with Crippen molar-refractivity contribution in [3.63, 3.8) is 0 Å². The molecule has 2 aliphatic heterocycles. The van der Waals surface area contributed by atoms with Gasteiger partial charge in [0.05, 0.1) is 16.6 Å². The number of fused-ring (bicyclic) bond motifs is 2. The van der Waals surface area contributed by atoms with Gasteiger partial charge in [-0.05, 0) is 19.4 Å². The van der Waals surface area contributed by atoms with E-state index >= 15 is 4.39 Å². The van der Waals surface area contributed by atoms with Gasteiger partial charge in [0, 0.05) is 62.0 Å². The molecular formula is C28H26ClF3N8O4. The molecule has 5 N–H and O–H groups in total. The number of benzene rings is 1. The molecule has 230 valence electrons. The Labute approximate surface area is 252 Å². The number of phenols is 1. The molecule has 2 aliphatic rings. The Balaban J connectivity index is 1.42. The van der Waals surface area contributed by atoms with Gasteiger partial charge in [-0.2, -0.15) is 8.78 Å². The minimum absolute atomic E-state index is 0.00259. The van der Waals surface area contributed by atoms with Crippen LogP contribution in [0, 0.1) is 17.6 Å². The topological polar surface area (TPSA) is 160 Å². The maximum atomic E-state index is 15.2. The Morgan fingerprint density at radius 1 is 1.18 bits per heavy atom. The van der Waals surface area contributed by atoms with Crippen molar-refractivity contribution < 1.29 is 27.9 Å². The monoisotopic (exact) mass is 630 g/mol. The summed E-state index contributed by atoms with van der Waals surface area (Å²) in [6, 6.07) is 2.30. The lowest BCUT2D eigenvalue weighted by atomic mass is 10.0. The zero-order chi connectivity index (χ0) is 31.4. The van der Waals surface area contributed by atoms with Crippen molar-refractivity contribution in [2.75, 3.05) is 29.9 Å². The van der Waals surface area contributed by atoms with Gasteiger partial charge in [0.25, 0.3) is 11.5 Å². The summed E-state index contributed by atoms with van der Waals surface area (Å²) < 4.78 is 47.3. The molecule has 3 aromatic heterocycles. The second kappa shape index (κ2) is 11.1. The number of aryl methyl sites for hydroxylation is 1.